The van der Waals surface area contributed by atoms with E-state index in [9.17, 15) is 9.59 Å². The van der Waals surface area contributed by atoms with Gasteiger partial charge in [-0.05, 0) is 44.9 Å². The van der Waals surface area contributed by atoms with Crippen LogP contribution in [0.2, 0.25) is 0 Å². The normalized spacial score (nSPS) is 26.7. The van der Waals surface area contributed by atoms with E-state index in [0.717, 1.165) is 31.5 Å². The van der Waals surface area contributed by atoms with E-state index in [0.29, 0.717) is 44.3 Å². The van der Waals surface area contributed by atoms with Crippen LogP contribution in [0.4, 0.5) is 0 Å². The van der Waals surface area contributed by atoms with Crippen molar-refractivity contribution in [3.05, 3.63) is 11.6 Å². The van der Waals surface area contributed by atoms with Crippen LogP contribution in [0.1, 0.15) is 69.1 Å². The quantitative estimate of drug-likeness (QED) is 0.801. The summed E-state index contributed by atoms with van der Waals surface area (Å²) >= 11 is 0. The molecule has 28 heavy (non-hydrogen) atoms. The molecule has 2 aliphatic heterocycles. The molecule has 3 fully saturated rings. The van der Waals surface area contributed by atoms with Crippen molar-refractivity contribution in [2.24, 2.45) is 11.8 Å². The zero-order valence-electron chi connectivity index (χ0n) is 16.7. The number of nitrogens with zero attached hydrogens (tertiary/aromatic N) is 3. The van der Waals surface area contributed by atoms with Gasteiger partial charge in [-0.15, -0.1) is 0 Å². The Hall–Kier alpha value is -1.96. The van der Waals surface area contributed by atoms with Crippen molar-refractivity contribution in [2.45, 2.75) is 70.4 Å². The molecular formula is C20H31N5O3. The number of aryl methyl sites for hydroxylation is 1. The number of H-pyrrole nitrogens is 1. The second-order valence-electron chi connectivity index (χ2n) is 8.52. The van der Waals surface area contributed by atoms with Gasteiger partial charge in [-0.3, -0.25) is 14.7 Å². The number of carbonyl (C=O) groups is 2. The van der Waals surface area contributed by atoms with Crippen LogP contribution in [0.25, 0.3) is 0 Å². The molecule has 3 heterocycles. The number of hydrogen-bond donors (Lipinski definition) is 2. The second-order valence-corrected chi connectivity index (χ2v) is 8.52. The van der Waals surface area contributed by atoms with E-state index < -0.39 is 0 Å². The summed E-state index contributed by atoms with van der Waals surface area (Å²) in [4.78, 5) is 32.1. The molecule has 1 saturated carbocycles. The second kappa shape index (κ2) is 8.59. The standard InChI is InChI=1S/C20H31N5O3/c1-13-21-19(24-23-13)17-11-16(22-20(27)15-6-8-28-9-7-15)12-25(17)18(26)10-14-4-2-3-5-14/h14-17H,2-12H2,1H3,(H,22,27)(H,21,23,24)/t16-,17-/m0/s1. The van der Waals surface area contributed by atoms with Crippen LogP contribution >= 0.6 is 0 Å². The summed E-state index contributed by atoms with van der Waals surface area (Å²) in [6, 6.07) is -0.217. The van der Waals surface area contributed by atoms with Crippen LogP contribution in [0.3, 0.4) is 0 Å². The molecule has 1 aromatic rings. The maximum Gasteiger partial charge on any atom is 0.223 e. The average molecular weight is 390 g/mol. The van der Waals surface area contributed by atoms with Crippen LogP contribution < -0.4 is 5.32 Å². The molecule has 2 amide bonds. The number of nitrogens with one attached hydrogen (secondary N) is 2. The number of aromatic nitrogens is 3. The Morgan fingerprint density at radius 2 is 1.96 bits per heavy atom. The first-order chi connectivity index (χ1) is 13.6. The molecule has 0 spiro atoms. The summed E-state index contributed by atoms with van der Waals surface area (Å²) in [5.41, 5.74) is 0. The van der Waals surface area contributed by atoms with E-state index in [2.05, 4.69) is 20.5 Å². The van der Waals surface area contributed by atoms with E-state index in [1.54, 1.807) is 0 Å². The molecule has 2 atom stereocenters. The highest BCUT2D eigenvalue weighted by molar-refractivity contribution is 5.80. The van der Waals surface area contributed by atoms with Gasteiger partial charge < -0.3 is 15.0 Å². The van der Waals surface area contributed by atoms with Gasteiger partial charge in [-0.25, -0.2) is 4.98 Å². The molecule has 3 aliphatic rings. The molecule has 2 saturated heterocycles. The highest BCUT2D eigenvalue weighted by Crippen LogP contribution is 2.34. The summed E-state index contributed by atoms with van der Waals surface area (Å²) in [6.07, 6.45) is 7.56. The van der Waals surface area contributed by atoms with Crippen molar-refractivity contribution in [3.63, 3.8) is 0 Å². The van der Waals surface area contributed by atoms with E-state index in [-0.39, 0.29) is 29.8 Å². The lowest BCUT2D eigenvalue weighted by molar-refractivity contribution is -0.134. The first-order valence-electron chi connectivity index (χ1n) is 10.7. The Morgan fingerprint density at radius 1 is 1.21 bits per heavy atom. The smallest absolute Gasteiger partial charge is 0.223 e. The summed E-state index contributed by atoms with van der Waals surface area (Å²) < 4.78 is 5.36. The molecule has 1 aromatic heterocycles. The fourth-order valence-corrected chi connectivity index (χ4v) is 4.83. The fraction of sp³-hybridized carbons (Fsp3) is 0.800. The molecule has 8 heteroatoms. The Balaban J connectivity index is 1.43. The van der Waals surface area contributed by atoms with Gasteiger partial charge in [-0.2, -0.15) is 5.10 Å². The number of aromatic amines is 1. The van der Waals surface area contributed by atoms with E-state index >= 15 is 0 Å². The number of ether oxygens (including phenoxy) is 1. The molecule has 0 unspecified atom stereocenters. The average Bonchev–Trinajstić information content (AvgIpc) is 3.43. The molecular weight excluding hydrogens is 358 g/mol. The van der Waals surface area contributed by atoms with Crippen LogP contribution in [-0.2, 0) is 14.3 Å². The monoisotopic (exact) mass is 389 g/mol. The molecule has 8 nitrogen and oxygen atoms in total. The zero-order chi connectivity index (χ0) is 19.5. The van der Waals surface area contributed by atoms with Gasteiger partial charge in [0.25, 0.3) is 0 Å². The minimum atomic E-state index is -0.168. The zero-order valence-corrected chi connectivity index (χ0v) is 16.7. The highest BCUT2D eigenvalue weighted by atomic mass is 16.5. The third kappa shape index (κ3) is 4.37. The number of amides is 2. The SMILES string of the molecule is Cc1nc([C@@H]2C[C@H](NC(=O)C3CCOCC3)CN2C(=O)CC2CCCC2)n[nH]1. The lowest BCUT2D eigenvalue weighted by atomic mass is 9.99. The fourth-order valence-electron chi connectivity index (χ4n) is 4.83. The summed E-state index contributed by atoms with van der Waals surface area (Å²) in [5, 5.41) is 10.4. The van der Waals surface area contributed by atoms with Gasteiger partial charge in [0, 0.05) is 38.1 Å². The molecule has 2 N–H and O–H groups in total. The van der Waals surface area contributed by atoms with Gasteiger partial charge in [0.1, 0.15) is 5.82 Å². The van der Waals surface area contributed by atoms with E-state index in [1.165, 1.54) is 12.8 Å². The Labute approximate surface area is 165 Å². The predicted molar refractivity (Wildman–Crippen MR) is 102 cm³/mol. The molecule has 0 radical (unpaired) electrons. The largest absolute Gasteiger partial charge is 0.381 e. The molecule has 0 aromatic carbocycles. The van der Waals surface area contributed by atoms with E-state index in [4.69, 9.17) is 4.74 Å². The molecule has 154 valence electrons. The van der Waals surface area contributed by atoms with Gasteiger partial charge in [0.2, 0.25) is 11.8 Å². The van der Waals surface area contributed by atoms with Crippen molar-refractivity contribution in [1.29, 1.82) is 0 Å². The maximum atomic E-state index is 13.1. The van der Waals surface area contributed by atoms with Crippen LogP contribution in [0.15, 0.2) is 0 Å². The topological polar surface area (TPSA) is 100 Å². The minimum Gasteiger partial charge on any atom is -0.381 e. The Bertz CT molecular complexity index is 694. The molecule has 1 aliphatic carbocycles. The highest BCUT2D eigenvalue weighted by Gasteiger charge is 2.40. The van der Waals surface area contributed by atoms with Gasteiger partial charge in [-0.1, -0.05) is 12.8 Å². The van der Waals surface area contributed by atoms with Gasteiger partial charge >= 0.3 is 0 Å². The van der Waals surface area contributed by atoms with Crippen molar-refractivity contribution < 1.29 is 14.3 Å². The third-order valence-corrected chi connectivity index (χ3v) is 6.41. The minimum absolute atomic E-state index is 0.0150. The Kier molecular flexibility index (Phi) is 5.94. The Morgan fingerprint density at radius 3 is 2.64 bits per heavy atom. The molecule has 4 rings (SSSR count). The lowest BCUT2D eigenvalue weighted by Gasteiger charge is -2.24. The predicted octanol–water partition coefficient (Wildman–Crippen LogP) is 1.88. The van der Waals surface area contributed by atoms with Crippen LogP contribution in [0, 0.1) is 18.8 Å². The van der Waals surface area contributed by atoms with Crippen LogP contribution in [0.5, 0.6) is 0 Å². The summed E-state index contributed by atoms with van der Waals surface area (Å²) in [5.74, 6) is 2.16. The van der Waals surface area contributed by atoms with Crippen molar-refractivity contribution in [2.75, 3.05) is 19.8 Å². The van der Waals surface area contributed by atoms with E-state index in [1.807, 2.05) is 11.8 Å². The number of rotatable bonds is 5. The van der Waals surface area contributed by atoms with Gasteiger partial charge in [0.15, 0.2) is 5.82 Å². The molecule has 0 bridgehead atoms. The van der Waals surface area contributed by atoms with Crippen molar-refractivity contribution in [1.82, 2.24) is 25.4 Å². The number of hydrogen-bond acceptors (Lipinski definition) is 5. The first-order valence-corrected chi connectivity index (χ1v) is 10.7. The number of carbonyl (C=O) groups excluding carboxylic acids is 2. The number of likely N-dealkylation sites (tertiary alicyclic amines) is 1. The van der Waals surface area contributed by atoms with Crippen molar-refractivity contribution in [3.8, 4) is 0 Å². The summed E-state index contributed by atoms with van der Waals surface area (Å²) in [6.45, 7) is 3.70. The lowest BCUT2D eigenvalue weighted by Crippen LogP contribution is -2.42. The first kappa shape index (κ1) is 19.4. The van der Waals surface area contributed by atoms with Gasteiger partial charge in [0.05, 0.1) is 6.04 Å². The summed E-state index contributed by atoms with van der Waals surface area (Å²) in [7, 11) is 0. The van der Waals surface area contributed by atoms with Crippen molar-refractivity contribution >= 4 is 11.8 Å². The third-order valence-electron chi connectivity index (χ3n) is 6.41. The maximum absolute atomic E-state index is 13.1. The van der Waals surface area contributed by atoms with Crippen LogP contribution in [-0.4, -0.2) is 57.7 Å².